The van der Waals surface area contributed by atoms with Gasteiger partial charge in [-0.15, -0.1) is 4.91 Å². The second-order valence-electron chi connectivity index (χ2n) is 7.64. The van der Waals surface area contributed by atoms with Gasteiger partial charge in [-0.25, -0.2) is 9.97 Å². The molecule has 0 saturated carbocycles. The van der Waals surface area contributed by atoms with Gasteiger partial charge in [0, 0.05) is 31.9 Å². The smallest absolute Gasteiger partial charge is 0.251 e. The average Bonchev–Trinajstić information content (AvgIpc) is 2.61. The summed E-state index contributed by atoms with van der Waals surface area (Å²) < 4.78 is 0. The lowest BCUT2D eigenvalue weighted by molar-refractivity contribution is 0.0963. The quantitative estimate of drug-likeness (QED) is 0.751. The van der Waals surface area contributed by atoms with Gasteiger partial charge in [0.2, 0.25) is 0 Å². The molecule has 27 heavy (non-hydrogen) atoms. The maximum Gasteiger partial charge on any atom is 0.251 e. The van der Waals surface area contributed by atoms with Gasteiger partial charge in [-0.05, 0) is 35.2 Å². The van der Waals surface area contributed by atoms with E-state index in [1.54, 1.807) is 19.2 Å². The first kappa shape index (κ1) is 20.3. The van der Waals surface area contributed by atoms with E-state index < -0.39 is 0 Å². The number of aromatic nitrogens is 2. The number of nitrogens with zero attached hydrogens (tertiary/aromatic N) is 4. The highest BCUT2D eigenvalue weighted by Crippen LogP contribution is 2.35. The molecule has 0 spiro atoms. The van der Waals surface area contributed by atoms with Crippen molar-refractivity contribution in [3.63, 3.8) is 0 Å². The van der Waals surface area contributed by atoms with Gasteiger partial charge in [-0.2, -0.15) is 0 Å². The zero-order chi connectivity index (χ0) is 20.2. The Labute approximate surface area is 159 Å². The van der Waals surface area contributed by atoms with Crippen LogP contribution < -0.4 is 15.5 Å². The Balaban J connectivity index is 2.42. The Bertz CT molecular complexity index is 845. The Hall–Kier alpha value is -3.03. The third-order valence-electron chi connectivity index (χ3n) is 3.95. The van der Waals surface area contributed by atoms with Gasteiger partial charge in [0.1, 0.15) is 6.33 Å². The third-order valence-corrected chi connectivity index (χ3v) is 3.95. The van der Waals surface area contributed by atoms with Crippen molar-refractivity contribution in [2.75, 3.05) is 30.9 Å². The Morgan fingerprint density at radius 3 is 2.56 bits per heavy atom. The molecule has 0 saturated heterocycles. The standard InChI is InChI=1S/C19H26N6O2/c1-12-7-8-13(18(26)20-5)9-14(12)23-16-15(24-27)17(22-11-21-16)25(6)10-19(2,3)4/h7-9,11H,10H2,1-6H3,(H,20,26)(H,21,22,23). The van der Waals surface area contributed by atoms with Crippen LogP contribution in [-0.2, 0) is 0 Å². The molecule has 0 aliphatic rings. The normalized spacial score (nSPS) is 11.0. The molecule has 0 radical (unpaired) electrons. The van der Waals surface area contributed by atoms with Gasteiger partial charge in [-0.1, -0.05) is 26.8 Å². The van der Waals surface area contributed by atoms with E-state index in [0.717, 1.165) is 5.56 Å². The van der Waals surface area contributed by atoms with Crippen LogP contribution in [0.1, 0.15) is 36.7 Å². The van der Waals surface area contributed by atoms with Gasteiger partial charge < -0.3 is 15.5 Å². The number of nitroso groups, excluding NO2 is 1. The summed E-state index contributed by atoms with van der Waals surface area (Å²) in [4.78, 5) is 33.7. The molecule has 1 amide bonds. The number of benzene rings is 1. The van der Waals surface area contributed by atoms with Crippen molar-refractivity contribution in [1.29, 1.82) is 0 Å². The number of carbonyl (C=O) groups excluding carboxylic acids is 1. The molecular formula is C19H26N6O2. The highest BCUT2D eigenvalue weighted by Gasteiger charge is 2.21. The minimum atomic E-state index is -0.194. The first-order valence-electron chi connectivity index (χ1n) is 8.65. The average molecular weight is 370 g/mol. The molecule has 0 fully saturated rings. The molecule has 0 atom stereocenters. The van der Waals surface area contributed by atoms with Crippen LogP contribution in [0.4, 0.5) is 23.0 Å². The number of aryl methyl sites for hydroxylation is 1. The zero-order valence-corrected chi connectivity index (χ0v) is 16.6. The molecule has 2 rings (SSSR count). The summed E-state index contributed by atoms with van der Waals surface area (Å²) in [6, 6.07) is 5.28. The fourth-order valence-electron chi connectivity index (χ4n) is 2.78. The molecule has 0 bridgehead atoms. The van der Waals surface area contributed by atoms with Crippen LogP contribution in [0.3, 0.4) is 0 Å². The molecule has 0 unspecified atom stereocenters. The first-order chi connectivity index (χ1) is 12.7. The van der Waals surface area contributed by atoms with E-state index in [1.807, 2.05) is 24.9 Å². The second kappa shape index (κ2) is 8.11. The van der Waals surface area contributed by atoms with Crippen molar-refractivity contribution in [1.82, 2.24) is 15.3 Å². The minimum absolute atomic E-state index is 0.0197. The molecule has 0 aliphatic carbocycles. The number of anilines is 3. The Morgan fingerprint density at radius 1 is 1.26 bits per heavy atom. The summed E-state index contributed by atoms with van der Waals surface area (Å²) in [6.07, 6.45) is 1.39. The van der Waals surface area contributed by atoms with Crippen LogP contribution in [0.15, 0.2) is 29.7 Å². The van der Waals surface area contributed by atoms with Crippen LogP contribution in [0.2, 0.25) is 0 Å². The third kappa shape index (κ3) is 4.99. The molecule has 144 valence electrons. The number of hydrogen-bond donors (Lipinski definition) is 2. The van der Waals surface area contributed by atoms with Gasteiger partial charge in [0.25, 0.3) is 5.91 Å². The summed E-state index contributed by atoms with van der Waals surface area (Å²) in [5.74, 6) is 0.561. The van der Waals surface area contributed by atoms with Crippen molar-refractivity contribution >= 4 is 28.9 Å². The molecule has 8 nitrogen and oxygen atoms in total. The van der Waals surface area contributed by atoms with Crippen LogP contribution in [0.5, 0.6) is 0 Å². The highest BCUT2D eigenvalue weighted by atomic mass is 16.3. The molecule has 1 aromatic heterocycles. The summed E-state index contributed by atoms with van der Waals surface area (Å²) in [6.45, 7) is 8.90. The predicted octanol–water partition coefficient (Wildman–Crippen LogP) is 3.77. The van der Waals surface area contributed by atoms with Crippen LogP contribution in [-0.4, -0.2) is 36.5 Å². The van der Waals surface area contributed by atoms with Crippen molar-refractivity contribution in [2.45, 2.75) is 27.7 Å². The molecule has 1 aromatic carbocycles. The maximum absolute atomic E-state index is 11.9. The molecule has 2 N–H and O–H groups in total. The Kier molecular flexibility index (Phi) is 6.09. The fourth-order valence-corrected chi connectivity index (χ4v) is 2.78. The molecule has 2 aromatic rings. The zero-order valence-electron chi connectivity index (χ0n) is 16.6. The van der Waals surface area contributed by atoms with Crippen LogP contribution >= 0.6 is 0 Å². The van der Waals surface area contributed by atoms with Gasteiger partial charge in [0.15, 0.2) is 17.3 Å². The summed E-state index contributed by atoms with van der Waals surface area (Å²) >= 11 is 0. The SMILES string of the molecule is CNC(=O)c1ccc(C)c(Nc2ncnc(N(C)CC(C)(C)C)c2N=O)c1. The summed E-state index contributed by atoms with van der Waals surface area (Å²) in [5, 5.41) is 8.87. The van der Waals surface area contributed by atoms with Crippen molar-refractivity contribution in [2.24, 2.45) is 10.6 Å². The Morgan fingerprint density at radius 2 is 1.96 bits per heavy atom. The lowest BCUT2D eigenvalue weighted by Gasteiger charge is -2.28. The fraction of sp³-hybridized carbons (Fsp3) is 0.421. The first-order valence-corrected chi connectivity index (χ1v) is 8.65. The van der Waals surface area contributed by atoms with E-state index in [9.17, 15) is 9.70 Å². The molecular weight excluding hydrogens is 344 g/mol. The van der Waals surface area contributed by atoms with E-state index in [-0.39, 0.29) is 17.0 Å². The number of nitrogens with one attached hydrogen (secondary N) is 2. The second-order valence-corrected chi connectivity index (χ2v) is 7.64. The van der Waals surface area contributed by atoms with E-state index in [0.29, 0.717) is 29.4 Å². The van der Waals surface area contributed by atoms with E-state index in [2.05, 4.69) is 46.5 Å². The van der Waals surface area contributed by atoms with Crippen molar-refractivity contribution in [3.05, 3.63) is 40.6 Å². The molecule has 1 heterocycles. The highest BCUT2D eigenvalue weighted by molar-refractivity contribution is 5.95. The van der Waals surface area contributed by atoms with Gasteiger partial charge in [-0.3, -0.25) is 4.79 Å². The monoisotopic (exact) mass is 370 g/mol. The number of rotatable bonds is 6. The topological polar surface area (TPSA) is 99.6 Å². The number of hydrogen-bond acceptors (Lipinski definition) is 7. The summed E-state index contributed by atoms with van der Waals surface area (Å²) in [5.41, 5.74) is 2.23. The van der Waals surface area contributed by atoms with Crippen LogP contribution in [0.25, 0.3) is 0 Å². The maximum atomic E-state index is 11.9. The van der Waals surface area contributed by atoms with Crippen LogP contribution in [0, 0.1) is 17.2 Å². The van der Waals surface area contributed by atoms with Crippen molar-refractivity contribution in [3.8, 4) is 0 Å². The largest absolute Gasteiger partial charge is 0.357 e. The summed E-state index contributed by atoms with van der Waals surface area (Å²) in [7, 11) is 3.44. The minimum Gasteiger partial charge on any atom is -0.357 e. The lowest BCUT2D eigenvalue weighted by Crippen LogP contribution is -2.29. The number of carbonyl (C=O) groups is 1. The van der Waals surface area contributed by atoms with Gasteiger partial charge in [0.05, 0.1) is 0 Å². The van der Waals surface area contributed by atoms with Gasteiger partial charge >= 0.3 is 0 Å². The lowest BCUT2D eigenvalue weighted by atomic mass is 9.96. The van der Waals surface area contributed by atoms with E-state index in [1.165, 1.54) is 6.33 Å². The van der Waals surface area contributed by atoms with E-state index >= 15 is 0 Å². The number of amides is 1. The predicted molar refractivity (Wildman–Crippen MR) is 108 cm³/mol. The molecule has 0 aliphatic heterocycles. The molecule has 8 heteroatoms. The van der Waals surface area contributed by atoms with Crippen molar-refractivity contribution < 1.29 is 4.79 Å². The van der Waals surface area contributed by atoms with E-state index in [4.69, 9.17) is 0 Å².